The minimum Gasteiger partial charge on any atom is -0.346 e. The van der Waals surface area contributed by atoms with Gasteiger partial charge in [0.15, 0.2) is 0 Å². The fraction of sp³-hybridized carbons (Fsp3) is 0.455. The van der Waals surface area contributed by atoms with Crippen molar-refractivity contribution in [1.82, 2.24) is 25.3 Å². The van der Waals surface area contributed by atoms with E-state index in [1.165, 1.54) is 0 Å². The molecule has 2 N–H and O–H groups in total. The maximum Gasteiger partial charge on any atom is 0.225 e. The molecule has 1 aliphatic heterocycles. The minimum absolute atomic E-state index is 0.0772. The van der Waals surface area contributed by atoms with Crippen molar-refractivity contribution < 1.29 is 4.79 Å². The molecule has 0 bridgehead atoms. The second kappa shape index (κ2) is 8.59. The van der Waals surface area contributed by atoms with E-state index in [0.29, 0.717) is 18.4 Å². The molecule has 1 fully saturated rings. The summed E-state index contributed by atoms with van der Waals surface area (Å²) < 4.78 is 0. The van der Waals surface area contributed by atoms with Gasteiger partial charge in [-0.3, -0.25) is 4.79 Å². The molecule has 0 saturated carbocycles. The number of nitrogens with one attached hydrogen (secondary N) is 2. The summed E-state index contributed by atoms with van der Waals surface area (Å²) >= 11 is 0. The van der Waals surface area contributed by atoms with Gasteiger partial charge in [0.2, 0.25) is 11.9 Å². The second-order valence-electron chi connectivity index (χ2n) is 8.16. The van der Waals surface area contributed by atoms with Crippen LogP contribution in [0, 0.1) is 11.8 Å². The van der Waals surface area contributed by atoms with Crippen molar-refractivity contribution in [2.75, 3.05) is 18.0 Å². The number of benzene rings is 1. The van der Waals surface area contributed by atoms with Crippen LogP contribution in [0.15, 0.2) is 42.7 Å². The molecule has 3 heterocycles. The fourth-order valence-electron chi connectivity index (χ4n) is 3.96. The van der Waals surface area contributed by atoms with Gasteiger partial charge in [0.25, 0.3) is 0 Å². The summed E-state index contributed by atoms with van der Waals surface area (Å²) in [5.41, 5.74) is 1.92. The minimum atomic E-state index is -0.127. The topological polar surface area (TPSA) is 86.8 Å². The summed E-state index contributed by atoms with van der Waals surface area (Å²) in [5.74, 6) is 1.96. The first-order valence-electron chi connectivity index (χ1n) is 10.4. The molecule has 2 atom stereocenters. The Kier molecular flexibility index (Phi) is 5.74. The molecule has 4 rings (SSSR count). The van der Waals surface area contributed by atoms with Gasteiger partial charge in [-0.05, 0) is 43.4 Å². The molecule has 1 aromatic carbocycles. The number of aromatic nitrogens is 4. The largest absolute Gasteiger partial charge is 0.346 e. The number of hydrogen-bond donors (Lipinski definition) is 2. The van der Waals surface area contributed by atoms with Gasteiger partial charge in [-0.25, -0.2) is 15.0 Å². The second-order valence-corrected chi connectivity index (χ2v) is 8.16. The monoisotopic (exact) mass is 392 g/mol. The van der Waals surface area contributed by atoms with Crippen LogP contribution in [0.2, 0.25) is 0 Å². The third kappa shape index (κ3) is 4.55. The van der Waals surface area contributed by atoms with E-state index in [1.807, 2.05) is 30.3 Å². The molecule has 1 amide bonds. The van der Waals surface area contributed by atoms with Gasteiger partial charge in [-0.1, -0.05) is 26.0 Å². The molecule has 152 valence electrons. The van der Waals surface area contributed by atoms with Crippen molar-refractivity contribution in [3.63, 3.8) is 0 Å². The Labute approximate surface area is 171 Å². The van der Waals surface area contributed by atoms with E-state index in [-0.39, 0.29) is 17.9 Å². The lowest BCUT2D eigenvalue weighted by Crippen LogP contribution is -2.44. The van der Waals surface area contributed by atoms with Crippen LogP contribution in [-0.2, 0) is 4.79 Å². The molecule has 7 nitrogen and oxygen atoms in total. The number of fused-ring (bicyclic) bond motifs is 1. The van der Waals surface area contributed by atoms with Crippen LogP contribution in [0.1, 0.15) is 45.0 Å². The first kappa shape index (κ1) is 19.4. The van der Waals surface area contributed by atoms with Gasteiger partial charge in [0.05, 0.1) is 23.0 Å². The molecule has 7 heteroatoms. The zero-order valence-electron chi connectivity index (χ0n) is 17.0. The number of aromatic amines is 1. The average molecular weight is 393 g/mol. The van der Waals surface area contributed by atoms with E-state index in [9.17, 15) is 4.79 Å². The molecule has 29 heavy (non-hydrogen) atoms. The predicted molar refractivity (Wildman–Crippen MR) is 113 cm³/mol. The molecule has 3 aromatic rings. The van der Waals surface area contributed by atoms with Crippen LogP contribution in [0.25, 0.3) is 11.0 Å². The molecule has 0 unspecified atom stereocenters. The van der Waals surface area contributed by atoms with Crippen molar-refractivity contribution >= 4 is 22.9 Å². The predicted octanol–water partition coefficient (Wildman–Crippen LogP) is 3.47. The Morgan fingerprint density at radius 2 is 2.03 bits per heavy atom. The Bertz CT molecular complexity index is 921. The number of H-pyrrole nitrogens is 1. The maximum absolute atomic E-state index is 13.1. The van der Waals surface area contributed by atoms with Crippen LogP contribution in [0.3, 0.4) is 0 Å². The lowest BCUT2D eigenvalue weighted by molar-refractivity contribution is -0.126. The summed E-state index contributed by atoms with van der Waals surface area (Å²) in [5, 5.41) is 3.27. The molecule has 1 saturated heterocycles. The van der Waals surface area contributed by atoms with E-state index in [4.69, 9.17) is 4.98 Å². The number of imidazole rings is 1. The Hall–Kier alpha value is -2.96. The summed E-state index contributed by atoms with van der Waals surface area (Å²) in [6.45, 7) is 5.85. The molecule has 1 aliphatic rings. The van der Waals surface area contributed by atoms with Gasteiger partial charge in [-0.15, -0.1) is 0 Å². The number of rotatable bonds is 6. The molecule has 0 spiro atoms. The normalized spacial score (nSPS) is 18.2. The van der Waals surface area contributed by atoms with E-state index in [0.717, 1.165) is 42.7 Å². The van der Waals surface area contributed by atoms with Crippen molar-refractivity contribution in [3.8, 4) is 0 Å². The number of carbonyl (C=O) groups is 1. The lowest BCUT2D eigenvalue weighted by atomic mass is 9.96. The SMILES string of the molecule is CC(C)C[C@H](NC(=O)[C@@H]1CCCN(c2ncccn2)C1)c1nc2ccccc2[nH]1. The maximum atomic E-state index is 13.1. The third-order valence-corrected chi connectivity index (χ3v) is 5.39. The zero-order chi connectivity index (χ0) is 20.2. The highest BCUT2D eigenvalue weighted by Crippen LogP contribution is 2.25. The highest BCUT2D eigenvalue weighted by atomic mass is 16.2. The molecule has 0 radical (unpaired) electrons. The molecular weight excluding hydrogens is 364 g/mol. The van der Waals surface area contributed by atoms with Gasteiger partial charge < -0.3 is 15.2 Å². The number of para-hydroxylation sites is 2. The summed E-state index contributed by atoms with van der Waals surface area (Å²) in [4.78, 5) is 32.0. The van der Waals surface area contributed by atoms with E-state index < -0.39 is 0 Å². The highest BCUT2D eigenvalue weighted by Gasteiger charge is 2.29. The van der Waals surface area contributed by atoms with Gasteiger partial charge in [-0.2, -0.15) is 0 Å². The Balaban J connectivity index is 1.48. The average Bonchev–Trinajstić information content (AvgIpc) is 3.18. The lowest BCUT2D eigenvalue weighted by Gasteiger charge is -2.32. The third-order valence-electron chi connectivity index (χ3n) is 5.39. The van der Waals surface area contributed by atoms with Gasteiger partial charge in [0, 0.05) is 25.5 Å². The van der Waals surface area contributed by atoms with Crippen LogP contribution >= 0.6 is 0 Å². The Morgan fingerprint density at radius 1 is 1.24 bits per heavy atom. The number of amides is 1. The number of nitrogens with zero attached hydrogens (tertiary/aromatic N) is 4. The van der Waals surface area contributed by atoms with Gasteiger partial charge in [0.1, 0.15) is 5.82 Å². The van der Waals surface area contributed by atoms with Gasteiger partial charge >= 0.3 is 0 Å². The summed E-state index contributed by atoms with van der Waals surface area (Å²) in [6, 6.07) is 9.65. The number of piperidine rings is 1. The fourth-order valence-corrected chi connectivity index (χ4v) is 3.96. The van der Waals surface area contributed by atoms with E-state index in [1.54, 1.807) is 12.4 Å². The van der Waals surface area contributed by atoms with Crippen LogP contribution in [0.4, 0.5) is 5.95 Å². The van der Waals surface area contributed by atoms with Crippen LogP contribution < -0.4 is 10.2 Å². The first-order chi connectivity index (χ1) is 14.1. The highest BCUT2D eigenvalue weighted by molar-refractivity contribution is 5.80. The standard InChI is InChI=1S/C22H28N6O/c1-15(2)13-19(20-25-17-8-3-4-9-18(17)26-20)27-21(29)16-7-5-12-28(14-16)22-23-10-6-11-24-22/h3-4,6,8-11,15-16,19H,5,7,12-14H2,1-2H3,(H,25,26)(H,27,29)/t16-,19+/m1/s1. The smallest absolute Gasteiger partial charge is 0.225 e. The van der Waals surface area contributed by atoms with Crippen molar-refractivity contribution in [3.05, 3.63) is 48.5 Å². The first-order valence-corrected chi connectivity index (χ1v) is 10.4. The number of carbonyl (C=O) groups excluding carboxylic acids is 1. The van der Waals surface area contributed by atoms with Crippen LogP contribution in [-0.4, -0.2) is 38.9 Å². The van der Waals surface area contributed by atoms with E-state index in [2.05, 4.69) is 39.0 Å². The van der Waals surface area contributed by atoms with Crippen molar-refractivity contribution in [2.45, 2.75) is 39.2 Å². The quantitative estimate of drug-likeness (QED) is 0.671. The summed E-state index contributed by atoms with van der Waals surface area (Å²) in [7, 11) is 0. The van der Waals surface area contributed by atoms with Crippen LogP contribution in [0.5, 0.6) is 0 Å². The van der Waals surface area contributed by atoms with E-state index >= 15 is 0 Å². The molecule has 0 aliphatic carbocycles. The number of anilines is 1. The molecule has 2 aromatic heterocycles. The number of hydrogen-bond acceptors (Lipinski definition) is 5. The molecular formula is C22H28N6O. The zero-order valence-corrected chi connectivity index (χ0v) is 17.0. The summed E-state index contributed by atoms with van der Waals surface area (Å²) in [6.07, 6.45) is 6.15. The Morgan fingerprint density at radius 3 is 2.79 bits per heavy atom. The van der Waals surface area contributed by atoms with Crippen molar-refractivity contribution in [2.24, 2.45) is 11.8 Å². The van der Waals surface area contributed by atoms with Crippen molar-refractivity contribution in [1.29, 1.82) is 0 Å².